The van der Waals surface area contributed by atoms with Gasteiger partial charge in [-0.2, -0.15) is 0 Å². The van der Waals surface area contributed by atoms with E-state index in [2.05, 4.69) is 6.92 Å². The van der Waals surface area contributed by atoms with E-state index in [1.165, 1.54) is 10.3 Å². The number of hydrogen-bond donors (Lipinski definition) is 2. The van der Waals surface area contributed by atoms with Crippen molar-refractivity contribution in [3.8, 4) is 0 Å². The van der Waals surface area contributed by atoms with Gasteiger partial charge in [0.1, 0.15) is 0 Å². The molecule has 2 nitrogen and oxygen atoms in total. The fraction of sp³-hybridized carbons (Fsp3) is 0.200. The van der Waals surface area contributed by atoms with Crippen LogP contribution in [0.3, 0.4) is 0 Å². The molecule has 1 aromatic carbocycles. The van der Waals surface area contributed by atoms with E-state index in [4.69, 9.17) is 10.8 Å². The van der Waals surface area contributed by atoms with E-state index in [0.717, 1.165) is 16.6 Å². The SMILES string of the molecule is Cc1ccc(N)c2c(CO)csc12. The highest BCUT2D eigenvalue weighted by molar-refractivity contribution is 7.17. The third kappa shape index (κ3) is 1.20. The zero-order valence-corrected chi connectivity index (χ0v) is 8.19. The Morgan fingerprint density at radius 3 is 2.92 bits per heavy atom. The predicted octanol–water partition coefficient (Wildman–Crippen LogP) is 2.28. The Hall–Kier alpha value is -1.06. The Bertz CT molecular complexity index is 447. The van der Waals surface area contributed by atoms with Crippen molar-refractivity contribution in [2.75, 3.05) is 5.73 Å². The molecule has 0 radical (unpaired) electrons. The van der Waals surface area contributed by atoms with Crippen LogP contribution >= 0.6 is 11.3 Å². The number of nitrogens with two attached hydrogens (primary N) is 1. The fourth-order valence-electron chi connectivity index (χ4n) is 1.49. The molecular formula is C10H11NOS. The molecule has 1 heterocycles. The van der Waals surface area contributed by atoms with Crippen molar-refractivity contribution in [2.24, 2.45) is 0 Å². The van der Waals surface area contributed by atoms with Crippen molar-refractivity contribution in [3.05, 3.63) is 28.6 Å². The lowest BCUT2D eigenvalue weighted by Crippen LogP contribution is -1.89. The second kappa shape index (κ2) is 3.01. The summed E-state index contributed by atoms with van der Waals surface area (Å²) in [6.45, 7) is 2.12. The first kappa shape index (κ1) is 8.53. The summed E-state index contributed by atoms with van der Waals surface area (Å²) in [5.74, 6) is 0. The second-order valence-electron chi connectivity index (χ2n) is 3.09. The van der Waals surface area contributed by atoms with Crippen LogP contribution < -0.4 is 5.73 Å². The number of rotatable bonds is 1. The maximum absolute atomic E-state index is 9.09. The van der Waals surface area contributed by atoms with Gasteiger partial charge in [-0.1, -0.05) is 6.07 Å². The number of benzene rings is 1. The maximum atomic E-state index is 9.09. The van der Waals surface area contributed by atoms with Crippen LogP contribution in [0.25, 0.3) is 10.1 Å². The quantitative estimate of drug-likeness (QED) is 0.682. The Morgan fingerprint density at radius 1 is 1.46 bits per heavy atom. The van der Waals surface area contributed by atoms with Gasteiger partial charge in [0.15, 0.2) is 0 Å². The van der Waals surface area contributed by atoms with Gasteiger partial charge in [-0.15, -0.1) is 11.3 Å². The lowest BCUT2D eigenvalue weighted by molar-refractivity contribution is 0.284. The van der Waals surface area contributed by atoms with E-state index in [1.54, 1.807) is 11.3 Å². The summed E-state index contributed by atoms with van der Waals surface area (Å²) in [4.78, 5) is 0. The van der Waals surface area contributed by atoms with Crippen LogP contribution in [-0.2, 0) is 6.61 Å². The summed E-state index contributed by atoms with van der Waals surface area (Å²) in [6, 6.07) is 3.90. The highest BCUT2D eigenvalue weighted by Gasteiger charge is 2.07. The summed E-state index contributed by atoms with van der Waals surface area (Å²) in [6.07, 6.45) is 0. The first-order valence-corrected chi connectivity index (χ1v) is 4.98. The van der Waals surface area contributed by atoms with Crippen LogP contribution in [0.1, 0.15) is 11.1 Å². The monoisotopic (exact) mass is 193 g/mol. The topological polar surface area (TPSA) is 46.2 Å². The molecule has 0 aliphatic heterocycles. The molecule has 0 saturated carbocycles. The molecule has 0 amide bonds. The number of thiophene rings is 1. The summed E-state index contributed by atoms with van der Waals surface area (Å²) in [5, 5.41) is 12.1. The van der Waals surface area contributed by atoms with Gasteiger partial charge in [0.05, 0.1) is 6.61 Å². The van der Waals surface area contributed by atoms with Crippen LogP contribution in [-0.4, -0.2) is 5.11 Å². The molecule has 3 N–H and O–H groups in total. The molecule has 2 rings (SSSR count). The first-order valence-electron chi connectivity index (χ1n) is 4.10. The number of fused-ring (bicyclic) bond motifs is 1. The highest BCUT2D eigenvalue weighted by atomic mass is 32.1. The molecular weight excluding hydrogens is 182 g/mol. The van der Waals surface area contributed by atoms with Gasteiger partial charge in [-0.05, 0) is 29.5 Å². The molecule has 0 fully saturated rings. The van der Waals surface area contributed by atoms with E-state index in [-0.39, 0.29) is 6.61 Å². The summed E-state index contributed by atoms with van der Waals surface area (Å²) in [7, 11) is 0. The van der Waals surface area contributed by atoms with Crippen molar-refractivity contribution >= 4 is 27.1 Å². The molecule has 0 atom stereocenters. The van der Waals surface area contributed by atoms with Gasteiger partial charge in [0.25, 0.3) is 0 Å². The van der Waals surface area contributed by atoms with Crippen molar-refractivity contribution in [1.29, 1.82) is 0 Å². The Kier molecular flexibility index (Phi) is 1.98. The lowest BCUT2D eigenvalue weighted by atomic mass is 10.1. The zero-order chi connectivity index (χ0) is 9.42. The Morgan fingerprint density at radius 2 is 2.23 bits per heavy atom. The van der Waals surface area contributed by atoms with Gasteiger partial charge in [-0.3, -0.25) is 0 Å². The number of nitrogen functional groups attached to an aromatic ring is 1. The minimum atomic E-state index is 0.0631. The third-order valence-electron chi connectivity index (χ3n) is 2.20. The normalized spacial score (nSPS) is 10.9. The predicted molar refractivity (Wildman–Crippen MR) is 56.9 cm³/mol. The van der Waals surface area contributed by atoms with Crippen molar-refractivity contribution in [3.63, 3.8) is 0 Å². The third-order valence-corrected chi connectivity index (χ3v) is 3.36. The second-order valence-corrected chi connectivity index (χ2v) is 3.97. The molecule has 0 saturated heterocycles. The molecule has 0 aliphatic rings. The standard InChI is InChI=1S/C10H11NOS/c1-6-2-3-8(11)9-7(4-12)5-13-10(6)9/h2-3,5,12H,4,11H2,1H3. The number of aliphatic hydroxyl groups is 1. The van der Waals surface area contributed by atoms with E-state index >= 15 is 0 Å². The average Bonchev–Trinajstić information content (AvgIpc) is 2.56. The number of anilines is 1. The lowest BCUT2D eigenvalue weighted by Gasteiger charge is -2.01. The van der Waals surface area contributed by atoms with Crippen LogP contribution in [0.2, 0.25) is 0 Å². The van der Waals surface area contributed by atoms with Crippen molar-refractivity contribution in [1.82, 2.24) is 0 Å². The average molecular weight is 193 g/mol. The summed E-state index contributed by atoms with van der Waals surface area (Å²) >= 11 is 1.64. The maximum Gasteiger partial charge on any atom is 0.0696 e. The van der Waals surface area contributed by atoms with Gasteiger partial charge < -0.3 is 10.8 Å². The van der Waals surface area contributed by atoms with Crippen molar-refractivity contribution < 1.29 is 5.11 Å². The molecule has 0 aliphatic carbocycles. The molecule has 3 heteroatoms. The van der Waals surface area contributed by atoms with Crippen LogP contribution in [0.15, 0.2) is 17.5 Å². The van der Waals surface area contributed by atoms with Gasteiger partial charge >= 0.3 is 0 Å². The summed E-state index contributed by atoms with van der Waals surface area (Å²) in [5.41, 5.74) is 8.75. The van der Waals surface area contributed by atoms with E-state index in [0.29, 0.717) is 0 Å². The number of aryl methyl sites for hydroxylation is 1. The number of hydrogen-bond acceptors (Lipinski definition) is 3. The molecule has 13 heavy (non-hydrogen) atoms. The van der Waals surface area contributed by atoms with E-state index in [1.807, 2.05) is 17.5 Å². The summed E-state index contributed by atoms with van der Waals surface area (Å²) < 4.78 is 1.18. The fourth-order valence-corrected chi connectivity index (χ4v) is 2.56. The molecule has 68 valence electrons. The minimum absolute atomic E-state index is 0.0631. The molecule has 1 aromatic heterocycles. The number of aliphatic hydroxyl groups excluding tert-OH is 1. The minimum Gasteiger partial charge on any atom is -0.398 e. The van der Waals surface area contributed by atoms with Gasteiger partial charge in [-0.25, -0.2) is 0 Å². The molecule has 2 aromatic rings. The van der Waals surface area contributed by atoms with Crippen LogP contribution in [0, 0.1) is 6.92 Å². The van der Waals surface area contributed by atoms with Crippen LogP contribution in [0.5, 0.6) is 0 Å². The van der Waals surface area contributed by atoms with Gasteiger partial charge in [0, 0.05) is 15.8 Å². The van der Waals surface area contributed by atoms with E-state index in [9.17, 15) is 0 Å². The molecule has 0 unspecified atom stereocenters. The molecule has 0 spiro atoms. The highest BCUT2D eigenvalue weighted by Crippen LogP contribution is 2.33. The van der Waals surface area contributed by atoms with Gasteiger partial charge in [0.2, 0.25) is 0 Å². The Balaban J connectivity index is 2.87. The van der Waals surface area contributed by atoms with Crippen LogP contribution in [0.4, 0.5) is 5.69 Å². The van der Waals surface area contributed by atoms with E-state index < -0.39 is 0 Å². The Labute approximate surface area is 80.6 Å². The smallest absolute Gasteiger partial charge is 0.0696 e. The molecule has 0 bridgehead atoms. The zero-order valence-electron chi connectivity index (χ0n) is 7.37. The largest absolute Gasteiger partial charge is 0.398 e. The van der Waals surface area contributed by atoms with Crippen molar-refractivity contribution in [2.45, 2.75) is 13.5 Å². The first-order chi connectivity index (χ1) is 6.24.